The van der Waals surface area contributed by atoms with E-state index in [1.165, 1.54) is 22.2 Å². The first-order valence-electron chi connectivity index (χ1n) is 7.22. The van der Waals surface area contributed by atoms with Crippen LogP contribution in [0.15, 0.2) is 53.7 Å². The summed E-state index contributed by atoms with van der Waals surface area (Å²) in [5, 5.41) is 0.366. The molecule has 2 aromatic rings. The zero-order valence-corrected chi connectivity index (χ0v) is 13.0. The maximum absolute atomic E-state index is 12.5. The van der Waals surface area contributed by atoms with Crippen molar-refractivity contribution in [2.45, 2.75) is 30.0 Å². The van der Waals surface area contributed by atoms with E-state index in [4.69, 9.17) is 0 Å². The standard InChI is InChI=1S/C17H16N2O2S/c1-2-12-6-8-13(9-7-12)19-16(20)11-14(17(19)21)22-15-5-3-4-10-18-15/h3-10,14H,2,11H2,1H3/t14-/m0/s1. The van der Waals surface area contributed by atoms with Crippen LogP contribution in [-0.4, -0.2) is 22.0 Å². The van der Waals surface area contributed by atoms with Crippen molar-refractivity contribution < 1.29 is 9.59 Å². The summed E-state index contributed by atoms with van der Waals surface area (Å²) in [6.07, 6.45) is 2.83. The van der Waals surface area contributed by atoms with Crippen LogP contribution in [0.3, 0.4) is 0 Å². The highest BCUT2D eigenvalue weighted by atomic mass is 32.2. The molecule has 1 aliphatic heterocycles. The average Bonchev–Trinajstić information content (AvgIpc) is 2.82. The number of carbonyl (C=O) groups is 2. The fraction of sp³-hybridized carbons (Fsp3) is 0.235. The van der Waals surface area contributed by atoms with E-state index in [2.05, 4.69) is 11.9 Å². The van der Waals surface area contributed by atoms with Crippen molar-refractivity contribution in [2.75, 3.05) is 4.90 Å². The van der Waals surface area contributed by atoms with Crippen LogP contribution in [0.25, 0.3) is 0 Å². The van der Waals surface area contributed by atoms with Crippen molar-refractivity contribution in [1.82, 2.24) is 4.98 Å². The summed E-state index contributed by atoms with van der Waals surface area (Å²) in [7, 11) is 0. The molecule has 0 radical (unpaired) electrons. The molecule has 0 N–H and O–H groups in total. The van der Waals surface area contributed by atoms with Crippen LogP contribution in [0, 0.1) is 0 Å². The Morgan fingerprint density at radius 2 is 1.95 bits per heavy atom. The van der Waals surface area contributed by atoms with Gasteiger partial charge in [0.1, 0.15) is 0 Å². The van der Waals surface area contributed by atoms with Crippen LogP contribution in [0.4, 0.5) is 5.69 Å². The highest BCUT2D eigenvalue weighted by Gasteiger charge is 2.40. The molecular formula is C17H16N2O2S. The molecule has 3 rings (SSSR count). The lowest BCUT2D eigenvalue weighted by molar-refractivity contribution is -0.121. The van der Waals surface area contributed by atoms with Gasteiger partial charge < -0.3 is 0 Å². The molecule has 4 nitrogen and oxygen atoms in total. The molecule has 1 aromatic heterocycles. The molecule has 1 aliphatic rings. The molecule has 0 unspecified atom stereocenters. The lowest BCUT2D eigenvalue weighted by Gasteiger charge is -2.15. The summed E-state index contributed by atoms with van der Waals surface area (Å²) < 4.78 is 0. The molecule has 22 heavy (non-hydrogen) atoms. The van der Waals surface area contributed by atoms with Crippen molar-refractivity contribution in [3.8, 4) is 0 Å². The third-order valence-electron chi connectivity index (χ3n) is 3.61. The van der Waals surface area contributed by atoms with Gasteiger partial charge in [-0.1, -0.05) is 36.9 Å². The van der Waals surface area contributed by atoms with E-state index in [0.29, 0.717) is 5.69 Å². The van der Waals surface area contributed by atoms with Gasteiger partial charge in [-0.25, -0.2) is 9.88 Å². The predicted molar refractivity (Wildman–Crippen MR) is 86.8 cm³/mol. The lowest BCUT2D eigenvalue weighted by atomic mass is 10.1. The fourth-order valence-electron chi connectivity index (χ4n) is 2.41. The molecule has 0 saturated carbocycles. The Bertz CT molecular complexity index is 686. The number of anilines is 1. The molecule has 5 heteroatoms. The van der Waals surface area contributed by atoms with Crippen molar-refractivity contribution >= 4 is 29.3 Å². The van der Waals surface area contributed by atoms with E-state index in [9.17, 15) is 9.59 Å². The summed E-state index contributed by atoms with van der Waals surface area (Å²) >= 11 is 1.35. The number of hydrogen-bond acceptors (Lipinski definition) is 4. The topological polar surface area (TPSA) is 50.3 Å². The number of rotatable bonds is 4. The van der Waals surface area contributed by atoms with Crippen LogP contribution in [-0.2, 0) is 16.0 Å². The highest BCUT2D eigenvalue weighted by Crippen LogP contribution is 2.33. The first kappa shape index (κ1) is 14.8. The summed E-state index contributed by atoms with van der Waals surface area (Å²) in [5.74, 6) is -0.312. The van der Waals surface area contributed by atoms with E-state index in [1.54, 1.807) is 6.20 Å². The lowest BCUT2D eigenvalue weighted by Crippen LogP contribution is -2.31. The molecular weight excluding hydrogens is 296 g/mol. The number of thioether (sulfide) groups is 1. The molecule has 112 valence electrons. The second-order valence-electron chi connectivity index (χ2n) is 5.07. The number of carbonyl (C=O) groups excluding carboxylic acids is 2. The van der Waals surface area contributed by atoms with Gasteiger partial charge in [-0.15, -0.1) is 0 Å². The smallest absolute Gasteiger partial charge is 0.247 e. The van der Waals surface area contributed by atoms with Gasteiger partial charge in [0.15, 0.2) is 0 Å². The number of amides is 2. The van der Waals surface area contributed by atoms with E-state index in [-0.39, 0.29) is 18.2 Å². The zero-order valence-electron chi connectivity index (χ0n) is 12.2. The SMILES string of the molecule is CCc1ccc(N2C(=O)C[C@H](Sc3ccccn3)C2=O)cc1. The Balaban J connectivity index is 1.79. The van der Waals surface area contributed by atoms with Crippen LogP contribution < -0.4 is 4.90 Å². The fourth-order valence-corrected chi connectivity index (χ4v) is 3.41. The summed E-state index contributed by atoms with van der Waals surface area (Å²) in [6, 6.07) is 13.1. The predicted octanol–water partition coefficient (Wildman–Crippen LogP) is 3.07. The normalized spacial score (nSPS) is 18.0. The van der Waals surface area contributed by atoms with Gasteiger partial charge in [-0.05, 0) is 36.2 Å². The summed E-state index contributed by atoms with van der Waals surface area (Å²) in [6.45, 7) is 2.07. The Labute approximate surface area is 133 Å². The molecule has 1 saturated heterocycles. The van der Waals surface area contributed by atoms with Crippen LogP contribution in [0.2, 0.25) is 0 Å². The summed E-state index contributed by atoms with van der Waals surface area (Å²) in [5.41, 5.74) is 1.83. The van der Waals surface area contributed by atoms with Gasteiger partial charge in [-0.3, -0.25) is 9.59 Å². The van der Waals surface area contributed by atoms with Crippen LogP contribution in [0.1, 0.15) is 18.9 Å². The van der Waals surface area contributed by atoms with Gasteiger partial charge in [0, 0.05) is 12.6 Å². The first-order chi connectivity index (χ1) is 10.7. The van der Waals surface area contributed by atoms with E-state index in [0.717, 1.165) is 11.4 Å². The molecule has 1 aromatic carbocycles. The summed E-state index contributed by atoms with van der Waals surface area (Å²) in [4.78, 5) is 30.2. The molecule has 0 aliphatic carbocycles. The number of aryl methyl sites for hydroxylation is 1. The number of pyridine rings is 1. The maximum Gasteiger partial charge on any atom is 0.247 e. The zero-order chi connectivity index (χ0) is 15.5. The quantitative estimate of drug-likeness (QED) is 0.814. The maximum atomic E-state index is 12.5. The van der Waals surface area contributed by atoms with Crippen molar-refractivity contribution in [3.05, 3.63) is 54.2 Å². The minimum atomic E-state index is -0.395. The number of benzene rings is 1. The third kappa shape index (κ3) is 2.90. The Hall–Kier alpha value is -2.14. The van der Waals surface area contributed by atoms with Crippen LogP contribution in [0.5, 0.6) is 0 Å². The number of aromatic nitrogens is 1. The number of nitrogens with zero attached hydrogens (tertiary/aromatic N) is 2. The minimum absolute atomic E-state index is 0.150. The van der Waals surface area contributed by atoms with Gasteiger partial charge in [0.05, 0.1) is 16.0 Å². The second-order valence-corrected chi connectivity index (χ2v) is 6.29. The molecule has 2 amide bonds. The molecule has 1 fully saturated rings. The van der Waals surface area contributed by atoms with Gasteiger partial charge in [0.25, 0.3) is 0 Å². The largest absolute Gasteiger partial charge is 0.274 e. The number of imide groups is 1. The minimum Gasteiger partial charge on any atom is -0.274 e. The highest BCUT2D eigenvalue weighted by molar-refractivity contribution is 8.00. The molecule has 0 bridgehead atoms. The Kier molecular flexibility index (Phi) is 4.24. The Morgan fingerprint density at radius 1 is 1.18 bits per heavy atom. The Morgan fingerprint density at radius 3 is 2.59 bits per heavy atom. The van der Waals surface area contributed by atoms with E-state index >= 15 is 0 Å². The average molecular weight is 312 g/mol. The van der Waals surface area contributed by atoms with Crippen molar-refractivity contribution in [1.29, 1.82) is 0 Å². The monoisotopic (exact) mass is 312 g/mol. The van der Waals surface area contributed by atoms with Gasteiger partial charge >= 0.3 is 0 Å². The first-order valence-corrected chi connectivity index (χ1v) is 8.10. The second kappa shape index (κ2) is 6.32. The number of hydrogen-bond donors (Lipinski definition) is 0. The van der Waals surface area contributed by atoms with E-state index < -0.39 is 5.25 Å². The van der Waals surface area contributed by atoms with Crippen molar-refractivity contribution in [3.63, 3.8) is 0 Å². The molecule has 1 atom stereocenters. The van der Waals surface area contributed by atoms with Crippen LogP contribution >= 0.6 is 11.8 Å². The third-order valence-corrected chi connectivity index (χ3v) is 4.74. The van der Waals surface area contributed by atoms with E-state index in [1.807, 2.05) is 42.5 Å². The van der Waals surface area contributed by atoms with Gasteiger partial charge in [-0.2, -0.15) is 0 Å². The molecule has 2 heterocycles. The van der Waals surface area contributed by atoms with Gasteiger partial charge in [0.2, 0.25) is 11.8 Å². The van der Waals surface area contributed by atoms with Crippen molar-refractivity contribution in [2.24, 2.45) is 0 Å². The molecule has 0 spiro atoms.